The number of nitrogens with one attached hydrogen (secondary N) is 1. The zero-order valence-electron chi connectivity index (χ0n) is 11.4. The summed E-state index contributed by atoms with van der Waals surface area (Å²) in [4.78, 5) is 25.7. The van der Waals surface area contributed by atoms with Crippen LogP contribution in [-0.4, -0.2) is 66.9 Å². The number of carbonyl (C=O) groups excluding carboxylic acids is 1. The van der Waals surface area contributed by atoms with Crippen molar-refractivity contribution in [1.82, 2.24) is 15.1 Å². The van der Waals surface area contributed by atoms with E-state index in [4.69, 9.17) is 4.42 Å². The first-order chi connectivity index (χ1) is 9.58. The van der Waals surface area contributed by atoms with Gasteiger partial charge in [0.2, 0.25) is 0 Å². The maximum atomic E-state index is 12.0. The number of piperazine rings is 1. The predicted octanol–water partition coefficient (Wildman–Crippen LogP) is 0.165. The molecule has 0 bridgehead atoms. The molecule has 1 aliphatic heterocycles. The summed E-state index contributed by atoms with van der Waals surface area (Å²) in [6, 6.07) is 2.53. The SMILES string of the molecule is CN(CCN1CCNCC1)C(=O)c1ccc([N+](=O)[O-])o1. The van der Waals surface area contributed by atoms with Gasteiger partial charge in [0.05, 0.1) is 6.07 Å². The molecule has 0 radical (unpaired) electrons. The van der Waals surface area contributed by atoms with Crippen molar-refractivity contribution in [1.29, 1.82) is 0 Å². The van der Waals surface area contributed by atoms with Gasteiger partial charge in [-0.1, -0.05) is 0 Å². The van der Waals surface area contributed by atoms with E-state index in [2.05, 4.69) is 10.2 Å². The molecule has 0 aromatic carbocycles. The molecule has 2 rings (SSSR count). The minimum absolute atomic E-state index is 0.000453. The number of furan rings is 1. The average Bonchev–Trinajstić information content (AvgIpc) is 2.95. The van der Waals surface area contributed by atoms with Crippen LogP contribution in [0.25, 0.3) is 0 Å². The highest BCUT2D eigenvalue weighted by molar-refractivity contribution is 5.91. The van der Waals surface area contributed by atoms with E-state index in [-0.39, 0.29) is 11.7 Å². The Kier molecular flexibility index (Phi) is 4.70. The van der Waals surface area contributed by atoms with E-state index in [1.165, 1.54) is 17.0 Å². The second-order valence-electron chi connectivity index (χ2n) is 4.71. The fourth-order valence-corrected chi connectivity index (χ4v) is 2.06. The highest BCUT2D eigenvalue weighted by Crippen LogP contribution is 2.16. The Bertz CT molecular complexity index is 482. The number of nitrogens with zero attached hydrogens (tertiary/aromatic N) is 3. The molecule has 1 aromatic heterocycles. The molecule has 0 unspecified atom stereocenters. The van der Waals surface area contributed by atoms with Gasteiger partial charge in [0.25, 0.3) is 5.91 Å². The van der Waals surface area contributed by atoms with Gasteiger partial charge in [-0.3, -0.25) is 19.8 Å². The highest BCUT2D eigenvalue weighted by Gasteiger charge is 2.20. The van der Waals surface area contributed by atoms with Crippen LogP contribution in [-0.2, 0) is 0 Å². The van der Waals surface area contributed by atoms with Crippen molar-refractivity contribution < 1.29 is 14.1 Å². The number of rotatable bonds is 5. The van der Waals surface area contributed by atoms with Crippen LogP contribution < -0.4 is 5.32 Å². The number of hydrogen-bond acceptors (Lipinski definition) is 6. The van der Waals surface area contributed by atoms with Gasteiger partial charge in [-0.05, 0) is 6.07 Å². The Morgan fingerprint density at radius 3 is 2.80 bits per heavy atom. The smallest absolute Gasteiger partial charge is 0.395 e. The van der Waals surface area contributed by atoms with Gasteiger partial charge >= 0.3 is 5.88 Å². The highest BCUT2D eigenvalue weighted by atomic mass is 16.6. The first kappa shape index (κ1) is 14.5. The summed E-state index contributed by atoms with van der Waals surface area (Å²) in [6.45, 7) is 5.20. The Hall–Kier alpha value is -1.93. The van der Waals surface area contributed by atoms with E-state index in [9.17, 15) is 14.9 Å². The Balaban J connectivity index is 1.85. The Labute approximate surface area is 116 Å². The normalized spacial score (nSPS) is 16.1. The van der Waals surface area contributed by atoms with Crippen LogP contribution in [0.4, 0.5) is 5.88 Å². The van der Waals surface area contributed by atoms with E-state index < -0.39 is 10.8 Å². The molecule has 1 aromatic rings. The third kappa shape index (κ3) is 3.55. The lowest BCUT2D eigenvalue weighted by Gasteiger charge is -2.28. The van der Waals surface area contributed by atoms with Crippen LogP contribution in [0, 0.1) is 10.1 Å². The lowest BCUT2D eigenvalue weighted by molar-refractivity contribution is -0.402. The van der Waals surface area contributed by atoms with Gasteiger partial charge in [-0.25, -0.2) is 0 Å². The number of carbonyl (C=O) groups is 1. The third-order valence-electron chi connectivity index (χ3n) is 3.29. The molecular weight excluding hydrogens is 264 g/mol. The van der Waals surface area contributed by atoms with Gasteiger partial charge < -0.3 is 14.6 Å². The zero-order chi connectivity index (χ0) is 14.5. The fourth-order valence-electron chi connectivity index (χ4n) is 2.06. The van der Waals surface area contributed by atoms with E-state index in [1.54, 1.807) is 7.05 Å². The maximum Gasteiger partial charge on any atom is 0.433 e. The quantitative estimate of drug-likeness (QED) is 0.611. The Morgan fingerprint density at radius 1 is 1.50 bits per heavy atom. The summed E-state index contributed by atoms with van der Waals surface area (Å²) in [7, 11) is 1.67. The summed E-state index contributed by atoms with van der Waals surface area (Å²) in [5.74, 6) is -0.753. The standard InChI is InChI=1S/C12H18N4O4/c1-14(8-9-15-6-4-13-5-7-15)12(17)10-2-3-11(20-10)16(18)19/h2-3,13H,4-9H2,1H3. The number of nitro groups is 1. The lowest BCUT2D eigenvalue weighted by atomic mass is 10.3. The number of hydrogen-bond donors (Lipinski definition) is 1. The van der Waals surface area contributed by atoms with Crippen LogP contribution in [0.1, 0.15) is 10.6 Å². The van der Waals surface area contributed by atoms with E-state index >= 15 is 0 Å². The minimum Gasteiger partial charge on any atom is -0.395 e. The zero-order valence-corrected chi connectivity index (χ0v) is 11.4. The molecule has 1 saturated heterocycles. The van der Waals surface area contributed by atoms with E-state index in [0.717, 1.165) is 32.7 Å². The maximum absolute atomic E-state index is 12.0. The monoisotopic (exact) mass is 282 g/mol. The van der Waals surface area contributed by atoms with Crippen LogP contribution in [0.5, 0.6) is 0 Å². The second kappa shape index (κ2) is 6.49. The molecule has 20 heavy (non-hydrogen) atoms. The van der Waals surface area contributed by atoms with Crippen LogP contribution in [0.15, 0.2) is 16.5 Å². The number of amides is 1. The summed E-state index contributed by atoms with van der Waals surface area (Å²) in [5, 5.41) is 13.8. The van der Waals surface area contributed by atoms with Crippen molar-refractivity contribution >= 4 is 11.8 Å². The Morgan fingerprint density at radius 2 is 2.20 bits per heavy atom. The van der Waals surface area contributed by atoms with Crippen molar-refractivity contribution in [3.05, 3.63) is 28.0 Å². The third-order valence-corrected chi connectivity index (χ3v) is 3.29. The molecule has 0 saturated carbocycles. The molecule has 110 valence electrons. The molecule has 2 heterocycles. The molecule has 1 N–H and O–H groups in total. The molecule has 0 aliphatic carbocycles. The summed E-state index contributed by atoms with van der Waals surface area (Å²) in [6.07, 6.45) is 0. The van der Waals surface area contributed by atoms with Crippen LogP contribution in [0.2, 0.25) is 0 Å². The molecular formula is C12H18N4O4. The summed E-state index contributed by atoms with van der Waals surface area (Å²) < 4.78 is 4.91. The molecule has 0 atom stereocenters. The van der Waals surface area contributed by atoms with Gasteiger partial charge in [-0.15, -0.1) is 0 Å². The first-order valence-corrected chi connectivity index (χ1v) is 6.50. The average molecular weight is 282 g/mol. The molecule has 1 aliphatic rings. The molecule has 8 nitrogen and oxygen atoms in total. The molecule has 8 heteroatoms. The summed E-state index contributed by atoms with van der Waals surface area (Å²) >= 11 is 0. The molecule has 1 fully saturated rings. The fraction of sp³-hybridized carbons (Fsp3) is 0.583. The second-order valence-corrected chi connectivity index (χ2v) is 4.71. The predicted molar refractivity (Wildman–Crippen MR) is 71.6 cm³/mol. The van der Waals surface area contributed by atoms with Gasteiger partial charge in [-0.2, -0.15) is 0 Å². The van der Waals surface area contributed by atoms with Crippen molar-refractivity contribution in [2.75, 3.05) is 46.3 Å². The first-order valence-electron chi connectivity index (χ1n) is 6.50. The van der Waals surface area contributed by atoms with Gasteiger partial charge in [0.1, 0.15) is 4.92 Å². The number of likely N-dealkylation sites (N-methyl/N-ethyl adjacent to an activating group) is 1. The molecule has 1 amide bonds. The van der Waals surface area contributed by atoms with Crippen molar-refractivity contribution in [2.24, 2.45) is 0 Å². The summed E-state index contributed by atoms with van der Waals surface area (Å²) in [5.41, 5.74) is 0. The topological polar surface area (TPSA) is 91.9 Å². The van der Waals surface area contributed by atoms with Gasteiger partial charge in [0, 0.05) is 46.3 Å². The van der Waals surface area contributed by atoms with Crippen LogP contribution in [0.3, 0.4) is 0 Å². The van der Waals surface area contributed by atoms with Gasteiger partial charge in [0.15, 0.2) is 5.76 Å². The largest absolute Gasteiger partial charge is 0.433 e. The van der Waals surface area contributed by atoms with Crippen molar-refractivity contribution in [2.45, 2.75) is 0 Å². The van der Waals surface area contributed by atoms with E-state index in [0.29, 0.717) is 6.54 Å². The van der Waals surface area contributed by atoms with E-state index in [1.807, 2.05) is 0 Å². The van der Waals surface area contributed by atoms with Crippen molar-refractivity contribution in [3.8, 4) is 0 Å². The molecule has 0 spiro atoms. The lowest BCUT2D eigenvalue weighted by Crippen LogP contribution is -2.46. The minimum atomic E-state index is -0.655. The van der Waals surface area contributed by atoms with Crippen LogP contribution >= 0.6 is 0 Å². The van der Waals surface area contributed by atoms with Crippen molar-refractivity contribution in [3.63, 3.8) is 0 Å².